The molecule has 0 atom stereocenters. The van der Waals surface area contributed by atoms with Gasteiger partial charge in [-0.3, -0.25) is 4.98 Å². The third kappa shape index (κ3) is 5.81. The number of aromatic nitrogens is 1. The first-order valence-electron chi connectivity index (χ1n) is 11.8. The molecule has 0 N–H and O–H groups in total. The minimum absolute atomic E-state index is 0. The third-order valence-electron chi connectivity index (χ3n) is 6.16. The van der Waals surface area contributed by atoms with Crippen molar-refractivity contribution in [2.24, 2.45) is 4.99 Å². The molecular formula is C31H26BIrN3-2. The molecule has 0 aliphatic carbocycles. The quantitative estimate of drug-likeness (QED) is 0.203. The van der Waals surface area contributed by atoms with Crippen LogP contribution >= 0.6 is 0 Å². The van der Waals surface area contributed by atoms with Crippen LogP contribution in [-0.2, 0) is 26.5 Å². The van der Waals surface area contributed by atoms with Crippen LogP contribution in [-0.4, -0.2) is 17.4 Å². The van der Waals surface area contributed by atoms with Crippen LogP contribution in [0.1, 0.15) is 22.3 Å². The van der Waals surface area contributed by atoms with Crippen molar-refractivity contribution < 1.29 is 20.1 Å². The van der Waals surface area contributed by atoms with Crippen LogP contribution < -0.4 is 10.5 Å². The van der Waals surface area contributed by atoms with Crippen LogP contribution in [0.15, 0.2) is 114 Å². The second-order valence-corrected chi connectivity index (χ2v) is 8.66. The van der Waals surface area contributed by atoms with E-state index in [9.17, 15) is 0 Å². The molecule has 5 heteroatoms. The number of para-hydroxylation sites is 2. The Bertz CT molecular complexity index is 1360. The van der Waals surface area contributed by atoms with Gasteiger partial charge in [-0.15, -0.1) is 41.9 Å². The molecule has 0 fully saturated rings. The first-order chi connectivity index (χ1) is 17.2. The Kier molecular flexibility index (Phi) is 8.48. The zero-order chi connectivity index (χ0) is 24.0. The molecule has 0 saturated carbocycles. The predicted octanol–water partition coefficient (Wildman–Crippen LogP) is 5.99. The maximum atomic E-state index is 4.61. The van der Waals surface area contributed by atoms with E-state index in [0.717, 1.165) is 29.0 Å². The summed E-state index contributed by atoms with van der Waals surface area (Å²) in [7, 11) is 0. The van der Waals surface area contributed by atoms with Crippen molar-refractivity contribution in [1.82, 2.24) is 4.98 Å². The van der Waals surface area contributed by atoms with Crippen molar-refractivity contribution in [3.05, 3.63) is 144 Å². The standard InChI is InChI=1S/C17H16BN2.C14H10N.Ir/c1-14-6-5-7-15(2)17(14)20-12-9-18(10-13-20)16-8-3-4-11-19-16;1-2-6-11(7-3-1)14-10-12-8-4-5-9-13(12)15-14;/h3-9,11-13H,1-2H3;1-6,8-9H,10H2;/q2*-1;. The molecule has 1 radical (unpaired) electrons. The van der Waals surface area contributed by atoms with Gasteiger partial charge >= 0.3 is 0 Å². The molecule has 36 heavy (non-hydrogen) atoms. The van der Waals surface area contributed by atoms with Crippen LogP contribution in [0.3, 0.4) is 0 Å². The number of hydrogen-bond acceptors (Lipinski definition) is 3. The summed E-state index contributed by atoms with van der Waals surface area (Å²) >= 11 is 0. The largest absolute Gasteiger partial charge is 0.494 e. The summed E-state index contributed by atoms with van der Waals surface area (Å²) in [5.74, 6) is 5.52. The van der Waals surface area contributed by atoms with E-state index in [1.54, 1.807) is 0 Å². The molecular weight excluding hydrogens is 617 g/mol. The number of hydrogen-bond donors (Lipinski definition) is 0. The number of nitrogens with zero attached hydrogens (tertiary/aromatic N) is 3. The first-order valence-corrected chi connectivity index (χ1v) is 11.8. The van der Waals surface area contributed by atoms with Crippen LogP contribution in [0.4, 0.5) is 11.4 Å². The fourth-order valence-corrected chi connectivity index (χ4v) is 4.40. The average Bonchev–Trinajstić information content (AvgIpc) is 3.35. The van der Waals surface area contributed by atoms with Gasteiger partial charge in [0.25, 0.3) is 0 Å². The molecule has 2 aliphatic rings. The molecule has 1 aromatic heterocycles. The van der Waals surface area contributed by atoms with E-state index < -0.39 is 0 Å². The maximum absolute atomic E-state index is 4.61. The topological polar surface area (TPSA) is 28.5 Å². The van der Waals surface area contributed by atoms with Crippen molar-refractivity contribution in [2.45, 2.75) is 20.3 Å². The zero-order valence-corrected chi connectivity index (χ0v) is 22.7. The molecule has 3 aromatic carbocycles. The molecule has 0 saturated heterocycles. The number of fused-ring (bicyclic) bond motifs is 1. The van der Waals surface area contributed by atoms with Crippen LogP contribution in [0.2, 0.25) is 0 Å². The molecule has 0 amide bonds. The Morgan fingerprint density at radius 2 is 1.64 bits per heavy atom. The molecule has 3 heterocycles. The summed E-state index contributed by atoms with van der Waals surface area (Å²) in [6.07, 6.45) is 6.86. The molecule has 179 valence electrons. The number of pyridine rings is 1. The van der Waals surface area contributed by atoms with Gasteiger partial charge in [-0.25, -0.2) is 0 Å². The molecule has 6 rings (SSSR count). The number of aliphatic imine (C=N–C) groups is 1. The van der Waals surface area contributed by atoms with E-state index in [0.29, 0.717) is 0 Å². The van der Waals surface area contributed by atoms with Crippen molar-refractivity contribution in [1.29, 1.82) is 0 Å². The molecule has 3 nitrogen and oxygen atoms in total. The summed E-state index contributed by atoms with van der Waals surface area (Å²) in [6, 6.07) is 31.8. The summed E-state index contributed by atoms with van der Waals surface area (Å²) in [5, 5.41) is 0. The first kappa shape index (κ1) is 25.6. The normalized spacial score (nSPS) is 13.3. The predicted molar refractivity (Wildman–Crippen MR) is 147 cm³/mol. The van der Waals surface area contributed by atoms with Crippen LogP contribution in [0, 0.1) is 25.9 Å². The summed E-state index contributed by atoms with van der Waals surface area (Å²) in [6.45, 7) is 4.40. The minimum Gasteiger partial charge on any atom is -0.494 e. The van der Waals surface area contributed by atoms with Gasteiger partial charge in [0, 0.05) is 32.0 Å². The van der Waals surface area contributed by atoms with Crippen molar-refractivity contribution in [2.75, 3.05) is 4.90 Å². The number of rotatable bonds is 3. The van der Waals surface area contributed by atoms with E-state index >= 15 is 0 Å². The molecule has 0 unspecified atom stereocenters. The molecule has 0 bridgehead atoms. The smallest absolute Gasteiger partial charge is 0.0585 e. The number of aryl methyl sites for hydroxylation is 2. The van der Waals surface area contributed by atoms with Crippen LogP contribution in [0.25, 0.3) is 0 Å². The van der Waals surface area contributed by atoms with E-state index in [1.807, 2.05) is 54.9 Å². The Morgan fingerprint density at radius 3 is 2.31 bits per heavy atom. The Hall–Kier alpha value is -3.53. The second-order valence-electron chi connectivity index (χ2n) is 8.66. The number of anilines is 1. The van der Waals surface area contributed by atoms with Gasteiger partial charge in [0.2, 0.25) is 0 Å². The molecule has 4 aromatic rings. The van der Waals surface area contributed by atoms with E-state index in [4.69, 9.17) is 0 Å². The average molecular weight is 644 g/mol. The van der Waals surface area contributed by atoms with Gasteiger partial charge < -0.3 is 15.9 Å². The van der Waals surface area contributed by atoms with Crippen molar-refractivity contribution in [3.63, 3.8) is 0 Å². The summed E-state index contributed by atoms with van der Waals surface area (Å²) < 4.78 is 0. The van der Waals surface area contributed by atoms with Crippen molar-refractivity contribution in [3.8, 4) is 0 Å². The van der Waals surface area contributed by atoms with Crippen LogP contribution in [0.5, 0.6) is 0 Å². The Morgan fingerprint density at radius 1 is 0.861 bits per heavy atom. The maximum Gasteiger partial charge on any atom is 0.0585 e. The van der Waals surface area contributed by atoms with E-state index in [-0.39, 0.29) is 26.8 Å². The SMILES string of the molecule is Cc1cccc(C)c1N1C=[C-]B(c2ccccn2)C=C1.[Ir].[c-]1ccccc1C1=Nc2ccccc2C1. The van der Waals surface area contributed by atoms with Gasteiger partial charge in [-0.1, -0.05) is 48.5 Å². The van der Waals surface area contributed by atoms with Crippen molar-refractivity contribution >= 4 is 29.4 Å². The van der Waals surface area contributed by atoms with E-state index in [1.165, 1.54) is 22.4 Å². The third-order valence-corrected chi connectivity index (χ3v) is 6.16. The Balaban J connectivity index is 0.000000170. The fourth-order valence-electron chi connectivity index (χ4n) is 4.40. The molecule has 2 aliphatic heterocycles. The summed E-state index contributed by atoms with van der Waals surface area (Å²) in [5.41, 5.74) is 9.44. The Labute approximate surface area is 227 Å². The monoisotopic (exact) mass is 644 g/mol. The minimum atomic E-state index is 0. The fraction of sp³-hybridized carbons (Fsp3) is 0.0968. The van der Waals surface area contributed by atoms with Gasteiger partial charge in [0.1, 0.15) is 0 Å². The zero-order valence-electron chi connectivity index (χ0n) is 20.4. The number of benzene rings is 3. The molecule has 0 spiro atoms. The van der Waals surface area contributed by atoms with Gasteiger partial charge in [-0.05, 0) is 66.6 Å². The van der Waals surface area contributed by atoms with E-state index in [2.05, 4.69) is 95.4 Å². The van der Waals surface area contributed by atoms with Gasteiger partial charge in [-0.2, -0.15) is 6.20 Å². The van der Waals surface area contributed by atoms with Gasteiger partial charge in [0.05, 0.1) is 12.4 Å². The second kappa shape index (κ2) is 11.9. The van der Waals surface area contributed by atoms with Gasteiger partial charge in [0.15, 0.2) is 0 Å². The summed E-state index contributed by atoms with van der Waals surface area (Å²) in [4.78, 5) is 11.1.